The van der Waals surface area contributed by atoms with E-state index in [1.807, 2.05) is 41.1 Å². The molecule has 0 spiro atoms. The summed E-state index contributed by atoms with van der Waals surface area (Å²) in [7, 11) is 0. The van der Waals surface area contributed by atoms with Gasteiger partial charge in [0.1, 0.15) is 12.4 Å². The van der Waals surface area contributed by atoms with Crippen molar-refractivity contribution in [1.29, 1.82) is 0 Å². The van der Waals surface area contributed by atoms with Crippen LogP contribution in [0, 0.1) is 0 Å². The number of hydrogen-bond donors (Lipinski definition) is 1. The first-order valence-electron chi connectivity index (χ1n) is 5.27. The molecule has 0 radical (unpaired) electrons. The largest absolute Gasteiger partial charge is 0.492 e. The predicted molar refractivity (Wildman–Crippen MR) is 62.1 cm³/mol. The van der Waals surface area contributed by atoms with Crippen LogP contribution in [0.4, 0.5) is 0 Å². The Morgan fingerprint density at radius 3 is 2.75 bits per heavy atom. The summed E-state index contributed by atoms with van der Waals surface area (Å²) in [6.45, 7) is 1.89. The highest BCUT2D eigenvalue weighted by Crippen LogP contribution is 2.08. The van der Waals surface area contributed by atoms with Crippen LogP contribution in [0.1, 0.15) is 5.69 Å². The van der Waals surface area contributed by atoms with Crippen molar-refractivity contribution >= 4 is 0 Å². The topological polar surface area (TPSA) is 53.1 Å². The molecule has 0 fully saturated rings. The van der Waals surface area contributed by atoms with Crippen LogP contribution in [0.15, 0.2) is 42.9 Å². The van der Waals surface area contributed by atoms with Crippen molar-refractivity contribution in [3.8, 4) is 5.75 Å². The van der Waals surface area contributed by atoms with Gasteiger partial charge >= 0.3 is 0 Å². The van der Waals surface area contributed by atoms with Crippen LogP contribution < -0.4 is 10.5 Å². The number of nitrogens with zero attached hydrogens (tertiary/aromatic N) is 2. The molecule has 1 heterocycles. The molecule has 0 aliphatic heterocycles. The van der Waals surface area contributed by atoms with Gasteiger partial charge in [-0.15, -0.1) is 0 Å². The van der Waals surface area contributed by atoms with Gasteiger partial charge in [-0.2, -0.15) is 0 Å². The second-order valence-corrected chi connectivity index (χ2v) is 3.47. The van der Waals surface area contributed by atoms with E-state index in [9.17, 15) is 0 Å². The highest BCUT2D eigenvalue weighted by molar-refractivity contribution is 5.20. The fourth-order valence-corrected chi connectivity index (χ4v) is 1.42. The Hall–Kier alpha value is -1.81. The van der Waals surface area contributed by atoms with Crippen LogP contribution in [-0.4, -0.2) is 16.2 Å². The van der Waals surface area contributed by atoms with Crippen molar-refractivity contribution in [3.05, 3.63) is 48.5 Å². The van der Waals surface area contributed by atoms with E-state index >= 15 is 0 Å². The minimum Gasteiger partial charge on any atom is -0.492 e. The van der Waals surface area contributed by atoms with E-state index in [1.165, 1.54) is 0 Å². The molecule has 0 bridgehead atoms. The van der Waals surface area contributed by atoms with Crippen molar-refractivity contribution in [2.45, 2.75) is 13.1 Å². The maximum absolute atomic E-state index is 5.57. The first kappa shape index (κ1) is 10.7. The predicted octanol–water partition coefficient (Wildman–Crippen LogP) is 1.42. The van der Waals surface area contributed by atoms with E-state index in [0.29, 0.717) is 13.2 Å². The molecule has 0 atom stereocenters. The fourth-order valence-electron chi connectivity index (χ4n) is 1.42. The van der Waals surface area contributed by atoms with Crippen LogP contribution in [0.5, 0.6) is 5.75 Å². The lowest BCUT2D eigenvalue weighted by atomic mass is 10.3. The number of aromatic nitrogens is 2. The lowest BCUT2D eigenvalue weighted by molar-refractivity contribution is 0.298. The van der Waals surface area contributed by atoms with Gasteiger partial charge in [-0.3, -0.25) is 0 Å². The number of imidazole rings is 1. The summed E-state index contributed by atoms with van der Waals surface area (Å²) in [4.78, 5) is 4.14. The number of hydrogen-bond acceptors (Lipinski definition) is 3. The molecule has 0 aliphatic rings. The van der Waals surface area contributed by atoms with E-state index in [0.717, 1.165) is 18.0 Å². The summed E-state index contributed by atoms with van der Waals surface area (Å²) < 4.78 is 7.55. The van der Waals surface area contributed by atoms with Gasteiger partial charge in [0.25, 0.3) is 0 Å². The van der Waals surface area contributed by atoms with E-state index in [2.05, 4.69) is 4.98 Å². The highest BCUT2D eigenvalue weighted by atomic mass is 16.5. The average molecular weight is 217 g/mol. The molecular weight excluding hydrogens is 202 g/mol. The van der Waals surface area contributed by atoms with Crippen LogP contribution in [0.3, 0.4) is 0 Å². The zero-order chi connectivity index (χ0) is 11.2. The van der Waals surface area contributed by atoms with Gasteiger partial charge in [0.05, 0.1) is 18.6 Å². The van der Waals surface area contributed by atoms with Crippen LogP contribution >= 0.6 is 0 Å². The highest BCUT2D eigenvalue weighted by Gasteiger charge is 1.96. The van der Waals surface area contributed by atoms with Gasteiger partial charge < -0.3 is 15.0 Å². The summed E-state index contributed by atoms with van der Waals surface area (Å²) in [5, 5.41) is 0. The van der Waals surface area contributed by atoms with E-state index in [4.69, 9.17) is 10.5 Å². The second kappa shape index (κ2) is 5.32. The van der Waals surface area contributed by atoms with Gasteiger partial charge in [-0.05, 0) is 12.1 Å². The molecule has 0 aliphatic carbocycles. The van der Waals surface area contributed by atoms with Crippen LogP contribution in [-0.2, 0) is 13.1 Å². The number of rotatable bonds is 5. The molecule has 16 heavy (non-hydrogen) atoms. The molecule has 0 amide bonds. The smallest absolute Gasteiger partial charge is 0.119 e. The summed E-state index contributed by atoms with van der Waals surface area (Å²) >= 11 is 0. The van der Waals surface area contributed by atoms with Crippen molar-refractivity contribution in [2.24, 2.45) is 5.73 Å². The zero-order valence-electron chi connectivity index (χ0n) is 9.04. The molecule has 2 aromatic rings. The first-order chi connectivity index (χ1) is 7.88. The Morgan fingerprint density at radius 1 is 1.25 bits per heavy atom. The van der Waals surface area contributed by atoms with Gasteiger partial charge in [0, 0.05) is 12.7 Å². The quantitative estimate of drug-likeness (QED) is 0.824. The van der Waals surface area contributed by atoms with Crippen LogP contribution in [0.25, 0.3) is 0 Å². The minimum atomic E-state index is 0.479. The number of nitrogens with two attached hydrogens (primary N) is 1. The maximum Gasteiger partial charge on any atom is 0.119 e. The molecule has 4 heteroatoms. The molecule has 2 N–H and O–H groups in total. The van der Waals surface area contributed by atoms with E-state index in [-0.39, 0.29) is 0 Å². The molecular formula is C12H15N3O. The Kier molecular flexibility index (Phi) is 3.56. The third-order valence-electron chi connectivity index (χ3n) is 2.26. The van der Waals surface area contributed by atoms with E-state index in [1.54, 1.807) is 6.33 Å². The average Bonchev–Trinajstić information content (AvgIpc) is 2.78. The number of benzene rings is 1. The first-order valence-corrected chi connectivity index (χ1v) is 5.27. The normalized spacial score (nSPS) is 10.3. The minimum absolute atomic E-state index is 0.479. The lowest BCUT2D eigenvalue weighted by Crippen LogP contribution is -2.06. The maximum atomic E-state index is 5.57. The number of para-hydroxylation sites is 1. The fraction of sp³-hybridized carbons (Fsp3) is 0.250. The Labute approximate surface area is 94.7 Å². The molecule has 2 rings (SSSR count). The van der Waals surface area contributed by atoms with Crippen molar-refractivity contribution in [2.75, 3.05) is 6.61 Å². The van der Waals surface area contributed by atoms with Gasteiger partial charge in [0.15, 0.2) is 0 Å². The van der Waals surface area contributed by atoms with Crippen LogP contribution in [0.2, 0.25) is 0 Å². The van der Waals surface area contributed by atoms with Crippen molar-refractivity contribution in [3.63, 3.8) is 0 Å². The number of ether oxygens (including phenoxy) is 1. The van der Waals surface area contributed by atoms with Crippen molar-refractivity contribution in [1.82, 2.24) is 9.55 Å². The third kappa shape index (κ3) is 2.84. The third-order valence-corrected chi connectivity index (χ3v) is 2.26. The Bertz CT molecular complexity index is 425. The summed E-state index contributed by atoms with van der Waals surface area (Å²) in [5.74, 6) is 0.890. The van der Waals surface area contributed by atoms with Gasteiger partial charge in [-0.25, -0.2) is 4.98 Å². The Morgan fingerprint density at radius 2 is 2.06 bits per heavy atom. The molecule has 4 nitrogen and oxygen atoms in total. The summed E-state index contributed by atoms with van der Waals surface area (Å²) in [6.07, 6.45) is 3.71. The zero-order valence-corrected chi connectivity index (χ0v) is 9.04. The SMILES string of the molecule is NCc1cn(CCOc2ccccc2)cn1. The monoisotopic (exact) mass is 217 g/mol. The summed E-state index contributed by atoms with van der Waals surface area (Å²) in [6, 6.07) is 9.77. The molecule has 0 saturated heterocycles. The van der Waals surface area contributed by atoms with Gasteiger partial charge in [-0.1, -0.05) is 18.2 Å². The molecule has 84 valence electrons. The summed E-state index contributed by atoms with van der Waals surface area (Å²) in [5.41, 5.74) is 6.38. The van der Waals surface area contributed by atoms with Gasteiger partial charge in [0.2, 0.25) is 0 Å². The Balaban J connectivity index is 1.80. The molecule has 1 aromatic heterocycles. The lowest BCUT2D eigenvalue weighted by Gasteiger charge is -2.05. The second-order valence-electron chi connectivity index (χ2n) is 3.47. The molecule has 0 unspecified atom stereocenters. The van der Waals surface area contributed by atoms with E-state index < -0.39 is 0 Å². The standard InChI is InChI=1S/C12H15N3O/c13-8-11-9-15(10-14-11)6-7-16-12-4-2-1-3-5-12/h1-5,9-10H,6-8,13H2. The molecule has 0 saturated carbocycles. The molecule has 1 aromatic carbocycles. The van der Waals surface area contributed by atoms with Crippen molar-refractivity contribution < 1.29 is 4.74 Å².